The van der Waals surface area contributed by atoms with Crippen LogP contribution < -0.4 is 14.2 Å². The molecule has 166 valence electrons. The highest BCUT2D eigenvalue weighted by Gasteiger charge is 2.30. The SMILES string of the molecule is O=[N+]([O-])c1cc(S(=O)(=O)N2CCCC2)ccc1OCc1cc(Cl)c2c(c1)OCCCO2. The highest BCUT2D eigenvalue weighted by Crippen LogP contribution is 2.39. The van der Waals surface area contributed by atoms with Crippen molar-refractivity contribution in [2.45, 2.75) is 30.8 Å². The number of halogens is 1. The van der Waals surface area contributed by atoms with Gasteiger partial charge < -0.3 is 14.2 Å². The zero-order valence-corrected chi connectivity index (χ0v) is 18.2. The van der Waals surface area contributed by atoms with Gasteiger partial charge in [-0.3, -0.25) is 10.1 Å². The van der Waals surface area contributed by atoms with E-state index in [2.05, 4.69) is 0 Å². The molecule has 31 heavy (non-hydrogen) atoms. The zero-order valence-electron chi connectivity index (χ0n) is 16.6. The van der Waals surface area contributed by atoms with Gasteiger partial charge in [-0.2, -0.15) is 4.31 Å². The Labute approximate surface area is 184 Å². The zero-order chi connectivity index (χ0) is 22.0. The Morgan fingerprint density at radius 1 is 1.10 bits per heavy atom. The molecule has 0 unspecified atom stereocenters. The third-order valence-corrected chi connectivity index (χ3v) is 7.26. The number of hydrogen-bond donors (Lipinski definition) is 0. The minimum atomic E-state index is -3.77. The number of nitro groups is 1. The summed E-state index contributed by atoms with van der Waals surface area (Å²) in [6, 6.07) is 7.05. The molecule has 11 heteroatoms. The van der Waals surface area contributed by atoms with E-state index in [4.69, 9.17) is 25.8 Å². The summed E-state index contributed by atoms with van der Waals surface area (Å²) in [4.78, 5) is 10.8. The second-order valence-corrected chi connectivity index (χ2v) is 9.59. The normalized spacial score (nSPS) is 16.7. The predicted octanol–water partition coefficient (Wildman–Crippen LogP) is 3.77. The molecule has 1 fully saturated rings. The third kappa shape index (κ3) is 4.56. The van der Waals surface area contributed by atoms with Gasteiger partial charge in [-0.15, -0.1) is 0 Å². The number of rotatable bonds is 6. The first-order valence-corrected chi connectivity index (χ1v) is 11.7. The molecule has 0 bridgehead atoms. The molecular weight excluding hydrogens is 448 g/mol. The van der Waals surface area contributed by atoms with Gasteiger partial charge in [0.2, 0.25) is 10.0 Å². The molecule has 2 aliphatic heterocycles. The Kier molecular flexibility index (Phi) is 6.22. The number of nitro benzene ring substituents is 1. The average Bonchev–Trinajstić information content (AvgIpc) is 3.19. The van der Waals surface area contributed by atoms with Crippen LogP contribution in [0.25, 0.3) is 0 Å². The fourth-order valence-corrected chi connectivity index (χ4v) is 5.35. The molecule has 0 N–H and O–H groups in total. The maximum atomic E-state index is 12.7. The first kappa shape index (κ1) is 21.7. The molecule has 0 atom stereocenters. The smallest absolute Gasteiger partial charge is 0.312 e. The van der Waals surface area contributed by atoms with E-state index in [0.717, 1.165) is 25.3 Å². The number of ether oxygens (including phenoxy) is 3. The molecule has 0 aliphatic carbocycles. The van der Waals surface area contributed by atoms with Crippen molar-refractivity contribution in [2.75, 3.05) is 26.3 Å². The number of fused-ring (bicyclic) bond motifs is 1. The van der Waals surface area contributed by atoms with Crippen LogP contribution in [0.15, 0.2) is 35.2 Å². The molecule has 0 aromatic heterocycles. The molecule has 0 saturated carbocycles. The van der Waals surface area contributed by atoms with Gasteiger partial charge in [0.25, 0.3) is 0 Å². The largest absolute Gasteiger partial charge is 0.489 e. The summed E-state index contributed by atoms with van der Waals surface area (Å²) in [5.74, 6) is 0.920. The average molecular weight is 469 g/mol. The predicted molar refractivity (Wildman–Crippen MR) is 112 cm³/mol. The standard InChI is InChI=1S/C20H21ClN2O7S/c21-16-10-14(11-19-20(16)29-9-3-8-28-19)13-30-18-5-4-15(12-17(18)23(24)25)31(26,27)22-6-1-2-7-22/h4-5,10-12H,1-3,6-9,13H2. The van der Waals surface area contributed by atoms with Crippen LogP contribution in [0, 0.1) is 10.1 Å². The molecule has 2 heterocycles. The van der Waals surface area contributed by atoms with Gasteiger partial charge in [-0.25, -0.2) is 8.42 Å². The molecule has 1 saturated heterocycles. The van der Waals surface area contributed by atoms with Gasteiger partial charge in [0.05, 0.1) is 28.1 Å². The summed E-state index contributed by atoms with van der Waals surface area (Å²) in [6.07, 6.45) is 2.29. The lowest BCUT2D eigenvalue weighted by molar-refractivity contribution is -0.386. The van der Waals surface area contributed by atoms with Gasteiger partial charge >= 0.3 is 5.69 Å². The lowest BCUT2D eigenvalue weighted by Crippen LogP contribution is -2.27. The first-order chi connectivity index (χ1) is 14.9. The van der Waals surface area contributed by atoms with Crippen LogP contribution in [0.1, 0.15) is 24.8 Å². The summed E-state index contributed by atoms with van der Waals surface area (Å²) in [5, 5.41) is 11.9. The van der Waals surface area contributed by atoms with Crippen molar-refractivity contribution in [3.63, 3.8) is 0 Å². The monoisotopic (exact) mass is 468 g/mol. The van der Waals surface area contributed by atoms with E-state index in [9.17, 15) is 18.5 Å². The highest BCUT2D eigenvalue weighted by atomic mass is 35.5. The van der Waals surface area contributed by atoms with Gasteiger partial charge in [0.1, 0.15) is 6.61 Å². The fraction of sp³-hybridized carbons (Fsp3) is 0.400. The van der Waals surface area contributed by atoms with Crippen molar-refractivity contribution in [1.82, 2.24) is 4.31 Å². The van der Waals surface area contributed by atoms with Crippen LogP contribution in [0.4, 0.5) is 5.69 Å². The molecule has 2 aromatic rings. The summed E-state index contributed by atoms with van der Waals surface area (Å²) < 4.78 is 43.7. The van der Waals surface area contributed by atoms with Crippen LogP contribution in [0.3, 0.4) is 0 Å². The summed E-state index contributed by atoms with van der Waals surface area (Å²) in [7, 11) is -3.77. The summed E-state index contributed by atoms with van der Waals surface area (Å²) in [5.41, 5.74) is 0.220. The molecule has 2 aromatic carbocycles. The topological polar surface area (TPSA) is 108 Å². The lowest BCUT2D eigenvalue weighted by atomic mass is 10.2. The van der Waals surface area contributed by atoms with E-state index in [0.29, 0.717) is 48.4 Å². The Morgan fingerprint density at radius 2 is 1.84 bits per heavy atom. The summed E-state index contributed by atoms with van der Waals surface area (Å²) >= 11 is 6.28. The van der Waals surface area contributed by atoms with Crippen molar-refractivity contribution in [3.05, 3.63) is 51.0 Å². The van der Waals surface area contributed by atoms with Crippen molar-refractivity contribution in [1.29, 1.82) is 0 Å². The van der Waals surface area contributed by atoms with E-state index in [1.807, 2.05) is 0 Å². The Balaban J connectivity index is 1.57. The molecular formula is C20H21ClN2O7S. The van der Waals surface area contributed by atoms with Crippen LogP contribution in [-0.4, -0.2) is 43.9 Å². The van der Waals surface area contributed by atoms with Crippen LogP contribution in [0.5, 0.6) is 17.2 Å². The van der Waals surface area contributed by atoms with E-state index in [1.165, 1.54) is 16.4 Å². The quantitative estimate of drug-likeness (QED) is 0.469. The molecule has 2 aliphatic rings. The lowest BCUT2D eigenvalue weighted by Gasteiger charge is -2.16. The van der Waals surface area contributed by atoms with Crippen molar-refractivity contribution in [2.24, 2.45) is 0 Å². The van der Waals surface area contributed by atoms with Crippen molar-refractivity contribution in [3.8, 4) is 17.2 Å². The first-order valence-electron chi connectivity index (χ1n) is 9.85. The number of nitrogens with zero attached hydrogens (tertiary/aromatic N) is 2. The third-order valence-electron chi connectivity index (χ3n) is 5.09. The second kappa shape index (κ2) is 8.89. The maximum Gasteiger partial charge on any atom is 0.312 e. The Bertz CT molecular complexity index is 1100. The Morgan fingerprint density at radius 3 is 2.58 bits per heavy atom. The molecule has 0 amide bonds. The molecule has 9 nitrogen and oxygen atoms in total. The van der Waals surface area contributed by atoms with E-state index >= 15 is 0 Å². The maximum absolute atomic E-state index is 12.7. The van der Waals surface area contributed by atoms with Gasteiger partial charge in [-0.05, 0) is 42.7 Å². The molecule has 0 spiro atoms. The fourth-order valence-electron chi connectivity index (χ4n) is 3.53. The molecule has 4 rings (SSSR count). The van der Waals surface area contributed by atoms with Gasteiger partial charge in [0, 0.05) is 25.6 Å². The van der Waals surface area contributed by atoms with E-state index in [-0.39, 0.29) is 17.3 Å². The van der Waals surface area contributed by atoms with Gasteiger partial charge in [0.15, 0.2) is 17.2 Å². The minimum Gasteiger partial charge on any atom is -0.489 e. The van der Waals surface area contributed by atoms with E-state index < -0.39 is 20.6 Å². The van der Waals surface area contributed by atoms with Crippen LogP contribution in [0.2, 0.25) is 5.02 Å². The van der Waals surface area contributed by atoms with Crippen LogP contribution in [-0.2, 0) is 16.6 Å². The highest BCUT2D eigenvalue weighted by molar-refractivity contribution is 7.89. The Hall–Kier alpha value is -2.56. The van der Waals surface area contributed by atoms with Crippen LogP contribution >= 0.6 is 11.6 Å². The number of hydrogen-bond acceptors (Lipinski definition) is 7. The number of sulfonamides is 1. The second-order valence-electron chi connectivity index (χ2n) is 7.24. The van der Waals surface area contributed by atoms with Crippen molar-refractivity contribution < 1.29 is 27.6 Å². The van der Waals surface area contributed by atoms with Crippen molar-refractivity contribution >= 4 is 27.3 Å². The summed E-state index contributed by atoms with van der Waals surface area (Å²) in [6.45, 7) is 1.81. The van der Waals surface area contributed by atoms with E-state index in [1.54, 1.807) is 12.1 Å². The number of benzene rings is 2. The van der Waals surface area contributed by atoms with Gasteiger partial charge in [-0.1, -0.05) is 11.6 Å². The molecule has 0 radical (unpaired) electrons. The minimum absolute atomic E-state index is 0.0184.